The standard InChI is InChI=1S/C40H54N2/c1-38(2,3)35-23-24-37-36(29-35)40-27-14-12-21-34(40)22-16-26-39(40,41-37)25-13-4-5-15-28-42(30-32-17-8-6-9-18-32)31-33-19-10-7-11-20-33/h6-11,17-20,23-24,29,34,41H,4-5,12-16,21-22,25-28,30-31H2,1-3H3/t34-,39+,40-/m0/s1. The minimum absolute atomic E-state index is 0.199. The van der Waals surface area contributed by atoms with Gasteiger partial charge in [-0.05, 0) is 84.7 Å². The van der Waals surface area contributed by atoms with E-state index >= 15 is 0 Å². The number of fused-ring (bicyclic) bond motifs is 1. The van der Waals surface area contributed by atoms with Crippen LogP contribution in [0.2, 0.25) is 0 Å². The second kappa shape index (κ2) is 12.6. The summed E-state index contributed by atoms with van der Waals surface area (Å²) >= 11 is 0. The lowest BCUT2D eigenvalue weighted by atomic mass is 9.49. The Hall–Kier alpha value is -2.58. The van der Waals surface area contributed by atoms with Crippen LogP contribution in [0.25, 0.3) is 0 Å². The van der Waals surface area contributed by atoms with Gasteiger partial charge in [-0.15, -0.1) is 0 Å². The topological polar surface area (TPSA) is 15.3 Å². The van der Waals surface area contributed by atoms with Gasteiger partial charge in [0.15, 0.2) is 0 Å². The molecule has 224 valence electrons. The Morgan fingerprint density at radius 3 is 2.10 bits per heavy atom. The van der Waals surface area contributed by atoms with Crippen LogP contribution in [0.3, 0.4) is 0 Å². The van der Waals surface area contributed by atoms with Crippen LogP contribution in [0.5, 0.6) is 0 Å². The highest BCUT2D eigenvalue weighted by molar-refractivity contribution is 5.67. The van der Waals surface area contributed by atoms with Gasteiger partial charge in [0.25, 0.3) is 0 Å². The normalized spacial score (nSPS) is 25.0. The van der Waals surface area contributed by atoms with Gasteiger partial charge in [0.05, 0.1) is 0 Å². The average molecular weight is 563 g/mol. The van der Waals surface area contributed by atoms with E-state index < -0.39 is 0 Å². The summed E-state index contributed by atoms with van der Waals surface area (Å²) in [5, 5.41) is 4.27. The largest absolute Gasteiger partial charge is 0.378 e. The zero-order valence-corrected chi connectivity index (χ0v) is 26.6. The van der Waals surface area contributed by atoms with E-state index in [1.54, 1.807) is 5.56 Å². The first-order valence-electron chi connectivity index (χ1n) is 17.1. The van der Waals surface area contributed by atoms with E-state index in [1.807, 2.05) is 0 Å². The summed E-state index contributed by atoms with van der Waals surface area (Å²) in [6.45, 7) is 10.4. The van der Waals surface area contributed by atoms with E-state index in [0.717, 1.165) is 19.0 Å². The molecule has 2 aliphatic carbocycles. The molecule has 6 rings (SSSR count). The minimum Gasteiger partial charge on any atom is -0.378 e. The van der Waals surface area contributed by atoms with Crippen molar-refractivity contribution in [2.45, 2.75) is 127 Å². The summed E-state index contributed by atoms with van der Waals surface area (Å²) in [5.41, 5.74) is 8.32. The average Bonchev–Trinajstić information content (AvgIpc) is 3.28. The molecule has 0 aromatic heterocycles. The Morgan fingerprint density at radius 1 is 0.738 bits per heavy atom. The molecule has 0 bridgehead atoms. The molecule has 0 unspecified atom stereocenters. The van der Waals surface area contributed by atoms with Crippen molar-refractivity contribution in [3.05, 3.63) is 101 Å². The van der Waals surface area contributed by atoms with Gasteiger partial charge in [0, 0.05) is 29.7 Å². The molecule has 0 radical (unpaired) electrons. The SMILES string of the molecule is CC(C)(C)c1ccc2c(c1)[C@]13CCCC[C@H]1CCC[C@@]3(CCCCCCN(Cc1ccccc1)Cc1ccccc1)N2. The smallest absolute Gasteiger partial charge is 0.0473 e. The van der Waals surface area contributed by atoms with E-state index in [-0.39, 0.29) is 11.0 Å². The van der Waals surface area contributed by atoms with Crippen LogP contribution in [0.4, 0.5) is 5.69 Å². The highest BCUT2D eigenvalue weighted by Crippen LogP contribution is 2.64. The Morgan fingerprint density at radius 2 is 1.40 bits per heavy atom. The number of nitrogens with zero attached hydrogens (tertiary/aromatic N) is 1. The van der Waals surface area contributed by atoms with Crippen LogP contribution in [-0.4, -0.2) is 17.0 Å². The van der Waals surface area contributed by atoms with Crippen molar-refractivity contribution in [1.82, 2.24) is 4.90 Å². The molecule has 2 saturated carbocycles. The van der Waals surface area contributed by atoms with Gasteiger partial charge < -0.3 is 5.32 Å². The quantitative estimate of drug-likeness (QED) is 0.234. The van der Waals surface area contributed by atoms with Crippen LogP contribution >= 0.6 is 0 Å². The van der Waals surface area contributed by atoms with Gasteiger partial charge in [-0.3, -0.25) is 4.90 Å². The second-order valence-electron chi connectivity index (χ2n) is 14.9. The van der Waals surface area contributed by atoms with Crippen LogP contribution < -0.4 is 5.32 Å². The predicted octanol–water partition coefficient (Wildman–Crippen LogP) is 10.4. The fourth-order valence-electron chi connectivity index (χ4n) is 9.10. The third-order valence-electron chi connectivity index (χ3n) is 11.1. The number of nitrogens with one attached hydrogen (secondary N) is 1. The third kappa shape index (κ3) is 5.94. The molecule has 0 amide bonds. The first-order chi connectivity index (χ1) is 20.4. The van der Waals surface area contributed by atoms with Crippen molar-refractivity contribution in [2.75, 3.05) is 11.9 Å². The fourth-order valence-corrected chi connectivity index (χ4v) is 9.10. The number of rotatable bonds is 11. The van der Waals surface area contributed by atoms with Crippen LogP contribution in [0.15, 0.2) is 78.9 Å². The van der Waals surface area contributed by atoms with Crippen molar-refractivity contribution >= 4 is 5.69 Å². The summed E-state index contributed by atoms with van der Waals surface area (Å²) in [5.74, 6) is 0.855. The first kappa shape index (κ1) is 29.5. The second-order valence-corrected chi connectivity index (χ2v) is 14.9. The summed E-state index contributed by atoms with van der Waals surface area (Å²) in [7, 11) is 0. The summed E-state index contributed by atoms with van der Waals surface area (Å²) in [6, 6.07) is 29.5. The maximum Gasteiger partial charge on any atom is 0.0473 e. The number of unbranched alkanes of at least 4 members (excludes halogenated alkanes) is 3. The van der Waals surface area contributed by atoms with Crippen molar-refractivity contribution in [1.29, 1.82) is 0 Å². The Kier molecular flexibility index (Phi) is 8.83. The van der Waals surface area contributed by atoms with Crippen molar-refractivity contribution in [3.8, 4) is 0 Å². The van der Waals surface area contributed by atoms with Crippen molar-refractivity contribution in [2.24, 2.45) is 5.92 Å². The van der Waals surface area contributed by atoms with Crippen molar-refractivity contribution < 1.29 is 0 Å². The number of hydrogen-bond donors (Lipinski definition) is 1. The Balaban J connectivity index is 1.10. The predicted molar refractivity (Wildman–Crippen MR) is 179 cm³/mol. The van der Waals surface area contributed by atoms with Gasteiger partial charge >= 0.3 is 0 Å². The Labute approximate surface area is 256 Å². The number of benzene rings is 3. The zero-order valence-electron chi connectivity index (χ0n) is 26.6. The number of hydrogen-bond acceptors (Lipinski definition) is 2. The molecule has 2 heteroatoms. The molecule has 1 aliphatic heterocycles. The molecule has 2 nitrogen and oxygen atoms in total. The highest BCUT2D eigenvalue weighted by atomic mass is 15.1. The molecular formula is C40H54N2. The van der Waals surface area contributed by atoms with E-state index in [2.05, 4.69) is 110 Å². The van der Waals surface area contributed by atoms with E-state index in [4.69, 9.17) is 0 Å². The molecule has 1 heterocycles. The monoisotopic (exact) mass is 562 g/mol. The number of anilines is 1. The van der Waals surface area contributed by atoms with Gasteiger partial charge in [-0.1, -0.05) is 132 Å². The molecule has 1 N–H and O–H groups in total. The fraction of sp³-hybridized carbons (Fsp3) is 0.550. The molecule has 3 aromatic carbocycles. The van der Waals surface area contributed by atoms with E-state index in [1.165, 1.54) is 106 Å². The summed E-state index contributed by atoms with van der Waals surface area (Å²) in [6.07, 6.45) is 16.5. The van der Waals surface area contributed by atoms with Gasteiger partial charge in [-0.25, -0.2) is 0 Å². The summed E-state index contributed by atoms with van der Waals surface area (Å²) < 4.78 is 0. The lowest BCUT2D eigenvalue weighted by Gasteiger charge is -2.57. The third-order valence-corrected chi connectivity index (χ3v) is 11.1. The molecule has 3 atom stereocenters. The molecule has 3 aromatic rings. The zero-order chi connectivity index (χ0) is 29.0. The lowest BCUT2D eigenvalue weighted by Crippen LogP contribution is -2.59. The first-order valence-corrected chi connectivity index (χ1v) is 17.1. The highest BCUT2D eigenvalue weighted by Gasteiger charge is 2.62. The lowest BCUT2D eigenvalue weighted by molar-refractivity contribution is 0.0514. The van der Waals surface area contributed by atoms with Crippen LogP contribution in [0, 0.1) is 5.92 Å². The molecule has 0 saturated heterocycles. The summed E-state index contributed by atoms with van der Waals surface area (Å²) in [4.78, 5) is 2.65. The molecule has 1 spiro atoms. The van der Waals surface area contributed by atoms with Crippen LogP contribution in [0.1, 0.15) is 120 Å². The molecule has 2 fully saturated rings. The van der Waals surface area contributed by atoms with Gasteiger partial charge in [-0.2, -0.15) is 0 Å². The Bertz CT molecular complexity index is 1250. The minimum atomic E-state index is 0.199. The maximum absolute atomic E-state index is 4.27. The van der Waals surface area contributed by atoms with E-state index in [0.29, 0.717) is 5.41 Å². The molecule has 3 aliphatic rings. The molecular weight excluding hydrogens is 508 g/mol. The van der Waals surface area contributed by atoms with Crippen LogP contribution in [-0.2, 0) is 23.9 Å². The maximum atomic E-state index is 4.27. The van der Waals surface area contributed by atoms with Crippen molar-refractivity contribution in [3.63, 3.8) is 0 Å². The van der Waals surface area contributed by atoms with Gasteiger partial charge in [0.1, 0.15) is 0 Å². The van der Waals surface area contributed by atoms with E-state index in [9.17, 15) is 0 Å². The van der Waals surface area contributed by atoms with Gasteiger partial charge in [0.2, 0.25) is 0 Å². The molecule has 42 heavy (non-hydrogen) atoms.